The zero-order chi connectivity index (χ0) is 19.8. The molecule has 0 aliphatic heterocycles. The van der Waals surface area contributed by atoms with Gasteiger partial charge < -0.3 is 10.1 Å². The van der Waals surface area contributed by atoms with E-state index in [9.17, 15) is 4.79 Å². The van der Waals surface area contributed by atoms with Crippen molar-refractivity contribution >= 4 is 23.3 Å². The fraction of sp³-hybridized carbons (Fsp3) is 0.286. The van der Waals surface area contributed by atoms with E-state index in [1.54, 1.807) is 29.9 Å². The zero-order valence-corrected chi connectivity index (χ0v) is 16.5. The normalized spacial score (nSPS) is 12.5. The highest BCUT2D eigenvalue weighted by Crippen LogP contribution is 2.23. The van der Waals surface area contributed by atoms with Crippen LogP contribution in [0, 0.1) is 6.92 Å². The number of pyridine rings is 1. The van der Waals surface area contributed by atoms with Crippen LogP contribution in [0.5, 0.6) is 0 Å². The summed E-state index contributed by atoms with van der Waals surface area (Å²) < 4.78 is 6.92. The molecule has 0 aromatic carbocycles. The van der Waals surface area contributed by atoms with Crippen LogP contribution in [0.3, 0.4) is 0 Å². The third kappa shape index (κ3) is 5.17. The summed E-state index contributed by atoms with van der Waals surface area (Å²) >= 11 is 0. The van der Waals surface area contributed by atoms with Crippen molar-refractivity contribution in [3.63, 3.8) is 0 Å². The molecule has 0 amide bonds. The van der Waals surface area contributed by atoms with Crippen LogP contribution < -0.4 is 5.32 Å². The third-order valence-electron chi connectivity index (χ3n) is 3.96. The number of carbonyl (C=O) groups excluding carboxylic acids is 1. The van der Waals surface area contributed by atoms with Gasteiger partial charge in [-0.2, -0.15) is 5.10 Å². The van der Waals surface area contributed by atoms with E-state index in [0.717, 1.165) is 22.8 Å². The van der Waals surface area contributed by atoms with Crippen molar-refractivity contribution in [1.82, 2.24) is 14.8 Å². The second-order valence-electron chi connectivity index (χ2n) is 5.98. The number of anilines is 2. The van der Waals surface area contributed by atoms with Gasteiger partial charge in [-0.15, -0.1) is 0 Å². The fourth-order valence-electron chi connectivity index (χ4n) is 2.41. The molecule has 142 valence electrons. The molecule has 6 nitrogen and oxygen atoms in total. The molecule has 0 fully saturated rings. The summed E-state index contributed by atoms with van der Waals surface area (Å²) in [6.07, 6.45) is 9.66. The maximum Gasteiger partial charge on any atom is 0.341 e. The lowest BCUT2D eigenvalue weighted by atomic mass is 10.2. The first kappa shape index (κ1) is 20.2. The van der Waals surface area contributed by atoms with Crippen LogP contribution >= 0.6 is 0 Å². The largest absolute Gasteiger partial charge is 0.462 e. The number of esters is 1. The SMILES string of the molecule is C\C=C/C=C\C(C)=C(/C)n1nccc1Nc1nc(C)ccc1C(=O)OCC. The van der Waals surface area contributed by atoms with Gasteiger partial charge in [0.1, 0.15) is 17.2 Å². The topological polar surface area (TPSA) is 69.0 Å². The van der Waals surface area contributed by atoms with E-state index in [1.807, 2.05) is 58.1 Å². The van der Waals surface area contributed by atoms with E-state index in [-0.39, 0.29) is 0 Å². The van der Waals surface area contributed by atoms with Crippen LogP contribution in [0.25, 0.3) is 5.70 Å². The molecule has 0 aliphatic carbocycles. The Hall–Kier alpha value is -3.15. The molecular formula is C21H26N4O2. The maximum absolute atomic E-state index is 12.2. The first-order valence-corrected chi connectivity index (χ1v) is 8.91. The number of allylic oxidation sites excluding steroid dienone is 6. The Labute approximate surface area is 160 Å². The van der Waals surface area contributed by atoms with Crippen molar-refractivity contribution in [2.75, 3.05) is 11.9 Å². The van der Waals surface area contributed by atoms with Gasteiger partial charge in [-0.1, -0.05) is 24.3 Å². The fourth-order valence-corrected chi connectivity index (χ4v) is 2.41. The summed E-state index contributed by atoms with van der Waals surface area (Å²) in [5, 5.41) is 7.62. The van der Waals surface area contributed by atoms with Crippen molar-refractivity contribution < 1.29 is 9.53 Å². The number of aromatic nitrogens is 3. The molecular weight excluding hydrogens is 340 g/mol. The maximum atomic E-state index is 12.2. The van der Waals surface area contributed by atoms with E-state index >= 15 is 0 Å². The number of nitrogens with zero attached hydrogens (tertiary/aromatic N) is 3. The predicted molar refractivity (Wildman–Crippen MR) is 109 cm³/mol. The van der Waals surface area contributed by atoms with Crippen molar-refractivity contribution in [2.45, 2.75) is 34.6 Å². The van der Waals surface area contributed by atoms with Gasteiger partial charge in [-0.3, -0.25) is 0 Å². The molecule has 6 heteroatoms. The quantitative estimate of drug-likeness (QED) is 0.558. The summed E-state index contributed by atoms with van der Waals surface area (Å²) in [5.74, 6) is 0.760. The lowest BCUT2D eigenvalue weighted by Crippen LogP contribution is -2.11. The van der Waals surface area contributed by atoms with Gasteiger partial charge in [0.15, 0.2) is 0 Å². The number of hydrogen-bond donors (Lipinski definition) is 1. The van der Waals surface area contributed by atoms with Gasteiger partial charge in [-0.25, -0.2) is 14.5 Å². The number of nitrogens with one attached hydrogen (secondary N) is 1. The second kappa shape index (κ2) is 9.52. The van der Waals surface area contributed by atoms with Crippen molar-refractivity contribution in [1.29, 1.82) is 0 Å². The molecule has 0 atom stereocenters. The Balaban J connectivity index is 2.38. The number of hydrogen-bond acceptors (Lipinski definition) is 5. The van der Waals surface area contributed by atoms with Gasteiger partial charge in [0.05, 0.1) is 12.8 Å². The van der Waals surface area contributed by atoms with Crippen LogP contribution in [0.1, 0.15) is 43.7 Å². The van der Waals surface area contributed by atoms with Crippen LogP contribution in [0.2, 0.25) is 0 Å². The Morgan fingerprint density at radius 3 is 2.74 bits per heavy atom. The highest BCUT2D eigenvalue weighted by Gasteiger charge is 2.16. The van der Waals surface area contributed by atoms with Gasteiger partial charge in [-0.05, 0) is 52.3 Å². The summed E-state index contributed by atoms with van der Waals surface area (Å²) in [4.78, 5) is 16.7. The first-order chi connectivity index (χ1) is 13.0. The predicted octanol–water partition coefficient (Wildman–Crippen LogP) is 4.89. The molecule has 0 aliphatic rings. The molecule has 2 heterocycles. The Bertz CT molecular complexity index is 891. The van der Waals surface area contributed by atoms with Crippen LogP contribution in [0.15, 0.2) is 54.3 Å². The van der Waals surface area contributed by atoms with E-state index < -0.39 is 5.97 Å². The summed E-state index contributed by atoms with van der Waals surface area (Å²) in [6.45, 7) is 9.95. The Kier molecular flexibility index (Phi) is 7.11. The monoisotopic (exact) mass is 366 g/mol. The molecule has 2 aromatic rings. The molecule has 1 N–H and O–H groups in total. The Morgan fingerprint density at radius 2 is 2.04 bits per heavy atom. The summed E-state index contributed by atoms with van der Waals surface area (Å²) in [7, 11) is 0. The highest BCUT2D eigenvalue weighted by molar-refractivity contribution is 5.95. The minimum absolute atomic E-state index is 0.309. The first-order valence-electron chi connectivity index (χ1n) is 8.91. The molecule has 27 heavy (non-hydrogen) atoms. The number of aryl methyl sites for hydroxylation is 1. The minimum atomic E-state index is -0.406. The van der Waals surface area contributed by atoms with Gasteiger partial charge in [0.25, 0.3) is 0 Å². The molecule has 0 bridgehead atoms. The van der Waals surface area contributed by atoms with Crippen molar-refractivity contribution in [2.24, 2.45) is 0 Å². The average Bonchev–Trinajstić information content (AvgIpc) is 3.09. The summed E-state index contributed by atoms with van der Waals surface area (Å²) in [6, 6.07) is 5.35. The van der Waals surface area contributed by atoms with Gasteiger partial charge >= 0.3 is 5.97 Å². The van der Waals surface area contributed by atoms with Crippen LogP contribution in [-0.4, -0.2) is 27.3 Å². The van der Waals surface area contributed by atoms with Crippen LogP contribution in [-0.2, 0) is 4.74 Å². The second-order valence-corrected chi connectivity index (χ2v) is 5.98. The van der Waals surface area contributed by atoms with Gasteiger partial charge in [0.2, 0.25) is 0 Å². The molecule has 0 spiro atoms. The molecule has 0 radical (unpaired) electrons. The van der Waals surface area contributed by atoms with Crippen molar-refractivity contribution in [3.05, 3.63) is 65.5 Å². The molecule has 2 aromatic heterocycles. The molecule has 0 saturated carbocycles. The number of carbonyl (C=O) groups is 1. The average molecular weight is 366 g/mol. The minimum Gasteiger partial charge on any atom is -0.462 e. The van der Waals surface area contributed by atoms with Crippen molar-refractivity contribution in [3.8, 4) is 0 Å². The summed E-state index contributed by atoms with van der Waals surface area (Å²) in [5.41, 5.74) is 3.23. The Morgan fingerprint density at radius 1 is 1.26 bits per heavy atom. The number of ether oxygens (including phenoxy) is 1. The van der Waals surface area contributed by atoms with Gasteiger partial charge in [0, 0.05) is 17.5 Å². The lowest BCUT2D eigenvalue weighted by molar-refractivity contribution is 0.0527. The van der Waals surface area contributed by atoms with E-state index in [4.69, 9.17) is 4.74 Å². The lowest BCUT2D eigenvalue weighted by Gasteiger charge is -2.14. The third-order valence-corrected chi connectivity index (χ3v) is 3.96. The van der Waals surface area contributed by atoms with E-state index in [0.29, 0.717) is 18.0 Å². The highest BCUT2D eigenvalue weighted by atomic mass is 16.5. The van der Waals surface area contributed by atoms with Crippen LogP contribution in [0.4, 0.5) is 11.6 Å². The molecule has 0 saturated heterocycles. The smallest absolute Gasteiger partial charge is 0.341 e. The molecule has 0 unspecified atom stereocenters. The van der Waals surface area contributed by atoms with E-state index in [1.165, 1.54) is 0 Å². The molecule has 2 rings (SSSR count). The standard InChI is InChI=1S/C21H26N4O2/c1-6-8-9-10-15(3)17(5)25-19(13-14-22-25)24-20-18(21(26)27-7-2)12-11-16(4)23-20/h6,8-14H,7H2,1-5H3,(H,23,24)/b8-6-,10-9-,17-15+. The zero-order valence-electron chi connectivity index (χ0n) is 16.5. The van der Waals surface area contributed by atoms with E-state index in [2.05, 4.69) is 15.4 Å². The number of rotatable bonds is 7.